The first-order valence-electron chi connectivity index (χ1n) is 10.6. The fourth-order valence-corrected chi connectivity index (χ4v) is 3.98. The third-order valence-corrected chi connectivity index (χ3v) is 5.92. The minimum Gasteiger partial charge on any atom is -0.497 e. The van der Waals surface area contributed by atoms with Crippen molar-refractivity contribution < 1.29 is 13.9 Å². The summed E-state index contributed by atoms with van der Waals surface area (Å²) < 4.78 is 20.3. The highest BCUT2D eigenvalue weighted by atomic mass is 32.2. The minimum atomic E-state index is -0.292. The van der Waals surface area contributed by atoms with Gasteiger partial charge < -0.3 is 15.4 Å². The van der Waals surface area contributed by atoms with Gasteiger partial charge in [-0.15, -0.1) is 10.2 Å². The zero-order valence-electron chi connectivity index (χ0n) is 18.8. The van der Waals surface area contributed by atoms with Crippen molar-refractivity contribution in [3.8, 4) is 11.4 Å². The van der Waals surface area contributed by atoms with Gasteiger partial charge in [0.05, 0.1) is 19.4 Å². The Kier molecular flexibility index (Phi) is 7.44. The maximum atomic E-state index is 13.2. The summed E-state index contributed by atoms with van der Waals surface area (Å²) in [7, 11) is 1.60. The number of nitrogens with one attached hydrogen (secondary N) is 2. The molecule has 4 rings (SSSR count). The van der Waals surface area contributed by atoms with E-state index in [4.69, 9.17) is 4.74 Å². The number of rotatable bonds is 9. The van der Waals surface area contributed by atoms with Gasteiger partial charge in [0.1, 0.15) is 11.6 Å². The third-order valence-electron chi connectivity index (χ3n) is 4.99. The van der Waals surface area contributed by atoms with E-state index in [0.29, 0.717) is 23.2 Å². The largest absolute Gasteiger partial charge is 0.497 e. The number of halogens is 1. The molecule has 0 aliphatic rings. The third kappa shape index (κ3) is 5.93. The first-order valence-corrected chi connectivity index (χ1v) is 11.6. The topological polar surface area (TPSA) is 81.1 Å². The maximum Gasteiger partial charge on any atom is 0.234 e. The summed E-state index contributed by atoms with van der Waals surface area (Å²) in [5, 5.41) is 15.4. The van der Waals surface area contributed by atoms with Crippen LogP contribution in [0.2, 0.25) is 0 Å². The lowest BCUT2D eigenvalue weighted by Gasteiger charge is -2.12. The highest BCUT2D eigenvalue weighted by Crippen LogP contribution is 2.24. The van der Waals surface area contributed by atoms with Gasteiger partial charge in [0, 0.05) is 17.1 Å². The molecule has 0 atom stereocenters. The van der Waals surface area contributed by atoms with Crippen LogP contribution in [0.1, 0.15) is 11.4 Å². The molecule has 0 radical (unpaired) electrons. The van der Waals surface area contributed by atoms with E-state index in [9.17, 15) is 9.18 Å². The van der Waals surface area contributed by atoms with Gasteiger partial charge in [-0.05, 0) is 67.6 Å². The number of nitrogens with zero attached hydrogens (tertiary/aromatic N) is 3. The van der Waals surface area contributed by atoms with Crippen LogP contribution in [0, 0.1) is 12.7 Å². The van der Waals surface area contributed by atoms with Gasteiger partial charge in [0.25, 0.3) is 0 Å². The van der Waals surface area contributed by atoms with E-state index in [0.717, 1.165) is 22.7 Å². The summed E-state index contributed by atoms with van der Waals surface area (Å²) >= 11 is 1.30. The number of aryl methyl sites for hydroxylation is 1. The molecule has 0 bridgehead atoms. The number of benzene rings is 3. The second kappa shape index (κ2) is 10.8. The van der Waals surface area contributed by atoms with Crippen molar-refractivity contribution in [2.24, 2.45) is 0 Å². The molecule has 0 unspecified atom stereocenters. The molecule has 0 saturated heterocycles. The molecule has 0 fully saturated rings. The predicted molar refractivity (Wildman–Crippen MR) is 132 cm³/mol. The Labute approximate surface area is 201 Å². The number of carbonyl (C=O) groups excluding carboxylic acids is 1. The zero-order chi connectivity index (χ0) is 23.9. The van der Waals surface area contributed by atoms with Gasteiger partial charge in [0.15, 0.2) is 11.0 Å². The van der Waals surface area contributed by atoms with Gasteiger partial charge in [-0.25, -0.2) is 4.39 Å². The molecule has 3 aromatic carbocycles. The quantitative estimate of drug-likeness (QED) is 0.328. The molecule has 9 heteroatoms. The fourth-order valence-electron chi connectivity index (χ4n) is 3.21. The molecule has 2 N–H and O–H groups in total. The van der Waals surface area contributed by atoms with Crippen LogP contribution in [0.5, 0.6) is 5.75 Å². The van der Waals surface area contributed by atoms with Crippen molar-refractivity contribution in [2.45, 2.75) is 18.6 Å². The summed E-state index contributed by atoms with van der Waals surface area (Å²) in [5.41, 5.74) is 3.49. The summed E-state index contributed by atoms with van der Waals surface area (Å²) in [6.07, 6.45) is 0. The second-order valence-corrected chi connectivity index (χ2v) is 8.44. The van der Waals surface area contributed by atoms with Crippen molar-refractivity contribution in [3.05, 3.63) is 90.0 Å². The number of aromatic nitrogens is 3. The Bertz CT molecular complexity index is 1240. The maximum absolute atomic E-state index is 13.2. The highest BCUT2D eigenvalue weighted by molar-refractivity contribution is 7.99. The molecule has 0 saturated carbocycles. The number of ether oxygens (including phenoxy) is 1. The molecule has 34 heavy (non-hydrogen) atoms. The van der Waals surface area contributed by atoms with Crippen LogP contribution in [-0.4, -0.2) is 33.5 Å². The highest BCUT2D eigenvalue weighted by Gasteiger charge is 2.16. The first kappa shape index (κ1) is 23.3. The summed E-state index contributed by atoms with van der Waals surface area (Å²) in [6.45, 7) is 2.40. The Balaban J connectivity index is 1.48. The average Bonchev–Trinajstić information content (AvgIpc) is 3.26. The average molecular weight is 478 g/mol. The molecule has 1 amide bonds. The summed E-state index contributed by atoms with van der Waals surface area (Å²) in [6, 6.07) is 21.3. The van der Waals surface area contributed by atoms with Crippen molar-refractivity contribution in [2.75, 3.05) is 23.5 Å². The van der Waals surface area contributed by atoms with E-state index < -0.39 is 0 Å². The molecular formula is C25H24FN5O2S. The lowest BCUT2D eigenvalue weighted by Crippen LogP contribution is -2.15. The van der Waals surface area contributed by atoms with Gasteiger partial charge >= 0.3 is 0 Å². The van der Waals surface area contributed by atoms with Gasteiger partial charge in [0.2, 0.25) is 5.91 Å². The van der Waals surface area contributed by atoms with E-state index in [1.165, 1.54) is 23.9 Å². The molecule has 4 aromatic rings. The Morgan fingerprint density at radius 2 is 1.65 bits per heavy atom. The lowest BCUT2D eigenvalue weighted by molar-refractivity contribution is -0.113. The monoisotopic (exact) mass is 477 g/mol. The van der Waals surface area contributed by atoms with E-state index >= 15 is 0 Å². The van der Waals surface area contributed by atoms with Gasteiger partial charge in [-0.2, -0.15) is 0 Å². The Hall–Kier alpha value is -3.85. The summed E-state index contributed by atoms with van der Waals surface area (Å²) in [5.74, 6) is 1.12. The molecule has 1 heterocycles. The number of thioether (sulfide) groups is 1. The van der Waals surface area contributed by atoms with Crippen LogP contribution in [0.4, 0.5) is 15.8 Å². The molecule has 0 aliphatic carbocycles. The number of amides is 1. The molecular weight excluding hydrogens is 453 g/mol. The van der Waals surface area contributed by atoms with Crippen LogP contribution < -0.4 is 15.4 Å². The molecule has 1 aromatic heterocycles. The van der Waals surface area contributed by atoms with Crippen LogP contribution in [0.25, 0.3) is 5.69 Å². The lowest BCUT2D eigenvalue weighted by atomic mass is 10.2. The van der Waals surface area contributed by atoms with Crippen molar-refractivity contribution in [3.63, 3.8) is 0 Å². The second-order valence-electron chi connectivity index (χ2n) is 7.50. The number of hydrogen-bond donors (Lipinski definition) is 2. The van der Waals surface area contributed by atoms with Gasteiger partial charge in [-0.3, -0.25) is 9.36 Å². The molecule has 0 spiro atoms. The number of methoxy groups -OCH3 is 1. The van der Waals surface area contributed by atoms with Crippen molar-refractivity contribution in [1.82, 2.24) is 14.8 Å². The van der Waals surface area contributed by atoms with E-state index in [1.807, 2.05) is 35.8 Å². The van der Waals surface area contributed by atoms with Crippen LogP contribution in [0.3, 0.4) is 0 Å². The number of hydrogen-bond acceptors (Lipinski definition) is 6. The standard InChI is InChI=1S/C25H24FN5O2S/c1-17-3-11-21(12-4-17)31-23(15-27-19-7-5-18(26)6-8-19)29-30-25(31)34-16-24(32)28-20-9-13-22(33-2)14-10-20/h3-14,27H,15-16H2,1-2H3,(H,28,32). The SMILES string of the molecule is COc1ccc(NC(=O)CSc2nnc(CNc3ccc(F)cc3)n2-c2ccc(C)cc2)cc1. The molecule has 174 valence electrons. The minimum absolute atomic E-state index is 0.153. The number of carbonyl (C=O) groups is 1. The zero-order valence-corrected chi connectivity index (χ0v) is 19.6. The van der Waals surface area contributed by atoms with Crippen molar-refractivity contribution in [1.29, 1.82) is 0 Å². The molecule has 7 nitrogen and oxygen atoms in total. The molecule has 0 aliphatic heterocycles. The fraction of sp³-hybridized carbons (Fsp3) is 0.160. The Morgan fingerprint density at radius 1 is 0.971 bits per heavy atom. The van der Waals surface area contributed by atoms with Crippen LogP contribution >= 0.6 is 11.8 Å². The van der Waals surface area contributed by atoms with Gasteiger partial charge in [-0.1, -0.05) is 29.5 Å². The van der Waals surface area contributed by atoms with Crippen LogP contribution in [0.15, 0.2) is 78.0 Å². The smallest absolute Gasteiger partial charge is 0.234 e. The van der Waals surface area contributed by atoms with Crippen LogP contribution in [-0.2, 0) is 11.3 Å². The van der Waals surface area contributed by atoms with E-state index in [-0.39, 0.29) is 17.5 Å². The number of anilines is 2. The van der Waals surface area contributed by atoms with E-state index in [2.05, 4.69) is 20.8 Å². The first-order chi connectivity index (χ1) is 16.5. The normalized spacial score (nSPS) is 10.7. The predicted octanol–water partition coefficient (Wildman–Crippen LogP) is 5.07. The van der Waals surface area contributed by atoms with Crippen molar-refractivity contribution >= 4 is 29.0 Å². The summed E-state index contributed by atoms with van der Waals surface area (Å²) in [4.78, 5) is 12.5. The van der Waals surface area contributed by atoms with E-state index in [1.54, 1.807) is 43.5 Å². The Morgan fingerprint density at radius 3 is 2.32 bits per heavy atom.